The van der Waals surface area contributed by atoms with Gasteiger partial charge in [-0.3, -0.25) is 0 Å². The zero-order valence-corrected chi connectivity index (χ0v) is 19.2. The van der Waals surface area contributed by atoms with Crippen LogP contribution in [0, 0.1) is 5.92 Å². The SMILES string of the molecule is CN(C)c1cc2nc(-c3ccc(N4CCNCC4)cc3)cc(N3CCC(CO)C3)c2s1. The third kappa shape index (κ3) is 4.10. The summed E-state index contributed by atoms with van der Waals surface area (Å²) >= 11 is 1.80. The van der Waals surface area contributed by atoms with Crippen molar-refractivity contribution in [2.45, 2.75) is 6.42 Å². The molecule has 3 aromatic rings. The molecule has 5 rings (SSSR count). The average Bonchev–Trinajstić information content (AvgIpc) is 3.46. The highest BCUT2D eigenvalue weighted by Crippen LogP contribution is 2.41. The molecular weight excluding hydrogens is 406 g/mol. The smallest absolute Gasteiger partial charge is 0.0932 e. The van der Waals surface area contributed by atoms with E-state index in [4.69, 9.17) is 4.98 Å². The number of piperazine rings is 1. The van der Waals surface area contributed by atoms with Crippen molar-refractivity contribution in [3.63, 3.8) is 0 Å². The van der Waals surface area contributed by atoms with Crippen LogP contribution >= 0.6 is 11.3 Å². The number of aliphatic hydroxyl groups is 1. The lowest BCUT2D eigenvalue weighted by molar-refractivity contribution is 0.238. The fraction of sp³-hybridized carbons (Fsp3) is 0.458. The molecule has 0 amide bonds. The highest BCUT2D eigenvalue weighted by Gasteiger charge is 2.25. The highest BCUT2D eigenvalue weighted by atomic mass is 32.1. The van der Waals surface area contributed by atoms with Gasteiger partial charge in [0.1, 0.15) is 0 Å². The van der Waals surface area contributed by atoms with Crippen LogP contribution in [0.1, 0.15) is 6.42 Å². The first-order valence-corrected chi connectivity index (χ1v) is 12.0. The van der Waals surface area contributed by atoms with Gasteiger partial charge in [-0.2, -0.15) is 0 Å². The molecule has 2 fully saturated rings. The highest BCUT2D eigenvalue weighted by molar-refractivity contribution is 7.23. The summed E-state index contributed by atoms with van der Waals surface area (Å²) in [6, 6.07) is 13.3. The zero-order valence-electron chi connectivity index (χ0n) is 18.3. The summed E-state index contributed by atoms with van der Waals surface area (Å²) in [5.41, 5.74) is 5.75. The summed E-state index contributed by atoms with van der Waals surface area (Å²) in [5, 5.41) is 14.3. The monoisotopic (exact) mass is 437 g/mol. The molecular formula is C24H31N5OS. The van der Waals surface area contributed by atoms with Crippen molar-refractivity contribution in [1.29, 1.82) is 0 Å². The largest absolute Gasteiger partial charge is 0.396 e. The molecule has 1 unspecified atom stereocenters. The van der Waals surface area contributed by atoms with Gasteiger partial charge in [0.25, 0.3) is 0 Å². The molecule has 0 bridgehead atoms. The Hall–Kier alpha value is -2.35. The molecule has 4 heterocycles. The van der Waals surface area contributed by atoms with Crippen molar-refractivity contribution in [1.82, 2.24) is 10.3 Å². The quantitative estimate of drug-likeness (QED) is 0.639. The number of hydrogen-bond donors (Lipinski definition) is 2. The molecule has 2 N–H and O–H groups in total. The normalized spacial score (nSPS) is 19.4. The maximum absolute atomic E-state index is 9.64. The maximum Gasteiger partial charge on any atom is 0.0932 e. The van der Waals surface area contributed by atoms with Crippen LogP contribution in [0.5, 0.6) is 0 Å². The number of rotatable bonds is 5. The van der Waals surface area contributed by atoms with Gasteiger partial charge < -0.3 is 25.1 Å². The van der Waals surface area contributed by atoms with Crippen molar-refractivity contribution in [3.8, 4) is 11.3 Å². The standard InChI is InChI=1S/C24H31N5OS/c1-27(2)23-14-21-24(31-23)22(29-10-7-17(15-29)16-30)13-20(26-21)18-3-5-19(6-4-18)28-11-8-25-9-12-28/h3-6,13-14,17,25,30H,7-12,15-16H2,1-2H3. The summed E-state index contributed by atoms with van der Waals surface area (Å²) in [6.07, 6.45) is 1.04. The number of pyridine rings is 1. The summed E-state index contributed by atoms with van der Waals surface area (Å²) < 4.78 is 1.24. The lowest BCUT2D eigenvalue weighted by atomic mass is 10.1. The first-order valence-electron chi connectivity index (χ1n) is 11.2. The van der Waals surface area contributed by atoms with Gasteiger partial charge in [0, 0.05) is 77.1 Å². The van der Waals surface area contributed by atoms with Crippen molar-refractivity contribution < 1.29 is 5.11 Å². The third-order valence-electron chi connectivity index (χ3n) is 6.42. The second kappa shape index (κ2) is 8.65. The van der Waals surface area contributed by atoms with Gasteiger partial charge in [-0.25, -0.2) is 4.98 Å². The predicted octanol–water partition coefficient (Wildman–Crippen LogP) is 3.26. The van der Waals surface area contributed by atoms with E-state index in [9.17, 15) is 5.11 Å². The van der Waals surface area contributed by atoms with Crippen molar-refractivity contribution >= 4 is 37.9 Å². The van der Waals surface area contributed by atoms with Gasteiger partial charge in [0.15, 0.2) is 0 Å². The van der Waals surface area contributed by atoms with Crippen LogP contribution in [0.2, 0.25) is 0 Å². The molecule has 6 nitrogen and oxygen atoms in total. The maximum atomic E-state index is 9.64. The van der Waals surface area contributed by atoms with Crippen LogP contribution in [0.25, 0.3) is 21.5 Å². The van der Waals surface area contributed by atoms with E-state index in [2.05, 4.69) is 70.5 Å². The number of benzene rings is 1. The Morgan fingerprint density at radius 2 is 1.87 bits per heavy atom. The molecule has 0 radical (unpaired) electrons. The Labute approximate surface area is 188 Å². The molecule has 2 aliphatic rings. The van der Waals surface area contributed by atoms with E-state index in [-0.39, 0.29) is 6.61 Å². The minimum Gasteiger partial charge on any atom is -0.396 e. The Kier molecular flexibility index (Phi) is 5.73. The molecule has 0 saturated carbocycles. The Bertz CT molecular complexity index is 1040. The lowest BCUT2D eigenvalue weighted by Crippen LogP contribution is -2.43. The zero-order chi connectivity index (χ0) is 21.4. The molecule has 1 atom stereocenters. The van der Waals surface area contributed by atoms with E-state index >= 15 is 0 Å². The number of nitrogens with one attached hydrogen (secondary N) is 1. The fourth-order valence-electron chi connectivity index (χ4n) is 4.56. The molecule has 0 aliphatic carbocycles. The number of thiophene rings is 1. The van der Waals surface area contributed by atoms with Crippen LogP contribution in [0.15, 0.2) is 36.4 Å². The first kappa shape index (κ1) is 20.5. The number of nitrogens with zero attached hydrogens (tertiary/aromatic N) is 4. The Morgan fingerprint density at radius 1 is 1.10 bits per heavy atom. The molecule has 2 aromatic heterocycles. The van der Waals surface area contributed by atoms with E-state index in [1.807, 2.05) is 0 Å². The number of aliphatic hydroxyl groups excluding tert-OH is 1. The van der Waals surface area contributed by atoms with Gasteiger partial charge in [-0.1, -0.05) is 12.1 Å². The summed E-state index contributed by atoms with van der Waals surface area (Å²) in [7, 11) is 4.16. The van der Waals surface area contributed by atoms with Gasteiger partial charge in [-0.15, -0.1) is 11.3 Å². The molecule has 7 heteroatoms. The number of fused-ring (bicyclic) bond motifs is 1. The molecule has 0 spiro atoms. The minimum absolute atomic E-state index is 0.262. The van der Waals surface area contributed by atoms with E-state index in [1.54, 1.807) is 11.3 Å². The van der Waals surface area contributed by atoms with Gasteiger partial charge in [0.2, 0.25) is 0 Å². The second-order valence-electron chi connectivity index (χ2n) is 8.79. The van der Waals surface area contributed by atoms with Gasteiger partial charge >= 0.3 is 0 Å². The van der Waals surface area contributed by atoms with Crippen LogP contribution in [0.4, 0.5) is 16.4 Å². The van der Waals surface area contributed by atoms with E-state index in [1.165, 1.54) is 21.1 Å². The van der Waals surface area contributed by atoms with Crippen molar-refractivity contribution in [2.75, 3.05) is 74.7 Å². The van der Waals surface area contributed by atoms with Crippen molar-refractivity contribution in [2.24, 2.45) is 5.92 Å². The van der Waals surface area contributed by atoms with Crippen LogP contribution in [0.3, 0.4) is 0 Å². The number of aromatic nitrogens is 1. The van der Waals surface area contributed by atoms with Gasteiger partial charge in [0.05, 0.1) is 26.6 Å². The molecule has 164 valence electrons. The van der Waals surface area contributed by atoms with Crippen LogP contribution in [-0.4, -0.2) is 70.1 Å². The summed E-state index contributed by atoms with van der Waals surface area (Å²) in [6.45, 7) is 6.35. The number of anilines is 3. The third-order valence-corrected chi connectivity index (χ3v) is 7.73. The molecule has 1 aromatic carbocycles. The van der Waals surface area contributed by atoms with E-state index in [0.29, 0.717) is 5.92 Å². The van der Waals surface area contributed by atoms with E-state index in [0.717, 1.165) is 62.5 Å². The minimum atomic E-state index is 0.262. The predicted molar refractivity (Wildman–Crippen MR) is 132 cm³/mol. The van der Waals surface area contributed by atoms with Gasteiger partial charge in [-0.05, 0) is 30.7 Å². The molecule has 2 aliphatic heterocycles. The second-order valence-corrected chi connectivity index (χ2v) is 9.82. The summed E-state index contributed by atoms with van der Waals surface area (Å²) in [4.78, 5) is 12.1. The summed E-state index contributed by atoms with van der Waals surface area (Å²) in [5.74, 6) is 0.360. The molecule has 2 saturated heterocycles. The topological polar surface area (TPSA) is 54.9 Å². The molecule has 31 heavy (non-hydrogen) atoms. The first-order chi connectivity index (χ1) is 15.1. The van der Waals surface area contributed by atoms with Crippen LogP contribution in [-0.2, 0) is 0 Å². The van der Waals surface area contributed by atoms with Crippen LogP contribution < -0.4 is 20.0 Å². The lowest BCUT2D eigenvalue weighted by Gasteiger charge is -2.29. The van der Waals surface area contributed by atoms with E-state index < -0.39 is 0 Å². The average molecular weight is 438 g/mol. The fourth-order valence-corrected chi connectivity index (χ4v) is 5.63. The number of hydrogen-bond acceptors (Lipinski definition) is 7. The Morgan fingerprint density at radius 3 is 2.55 bits per heavy atom. The Balaban J connectivity index is 1.52. The van der Waals surface area contributed by atoms with Crippen molar-refractivity contribution in [3.05, 3.63) is 36.4 Å².